The number of amides is 2. The van der Waals surface area contributed by atoms with Crippen LogP contribution in [0.2, 0.25) is 0 Å². The van der Waals surface area contributed by atoms with Gasteiger partial charge in [0.1, 0.15) is 0 Å². The minimum Gasteiger partial charge on any atom is -0.348 e. The molecule has 8 heteroatoms. The van der Waals surface area contributed by atoms with E-state index in [2.05, 4.69) is 5.32 Å². The first kappa shape index (κ1) is 24.0. The van der Waals surface area contributed by atoms with Crippen LogP contribution in [0, 0.1) is 5.92 Å². The fraction of sp³-hybridized carbons (Fsp3) is 0.429. The number of likely N-dealkylation sites (tertiary alicyclic amines) is 1. The van der Waals surface area contributed by atoms with Crippen LogP contribution in [-0.2, 0) is 6.54 Å². The molecule has 1 atom stereocenters. The van der Waals surface area contributed by atoms with Crippen LogP contribution in [0.3, 0.4) is 0 Å². The van der Waals surface area contributed by atoms with E-state index in [4.69, 9.17) is 0 Å². The predicted molar refractivity (Wildman–Crippen MR) is 138 cm³/mol. The van der Waals surface area contributed by atoms with Gasteiger partial charge in [-0.3, -0.25) is 23.5 Å². The molecule has 2 aromatic carbocycles. The number of rotatable bonds is 6. The van der Waals surface area contributed by atoms with Gasteiger partial charge in [-0.25, -0.2) is 4.79 Å². The molecule has 0 bridgehead atoms. The Labute approximate surface area is 209 Å². The number of aromatic nitrogens is 2. The number of nitrogens with one attached hydrogen (secondary N) is 1. The van der Waals surface area contributed by atoms with Crippen LogP contribution in [-0.4, -0.2) is 45.0 Å². The Morgan fingerprint density at radius 2 is 1.75 bits per heavy atom. The van der Waals surface area contributed by atoms with Crippen molar-refractivity contribution in [2.24, 2.45) is 5.92 Å². The molecule has 1 aliphatic heterocycles. The van der Waals surface area contributed by atoms with Crippen molar-refractivity contribution in [1.29, 1.82) is 0 Å². The molecule has 0 spiro atoms. The Balaban J connectivity index is 1.41. The van der Waals surface area contributed by atoms with Crippen LogP contribution in [0.5, 0.6) is 0 Å². The van der Waals surface area contributed by atoms with Crippen molar-refractivity contribution in [3.05, 3.63) is 80.5 Å². The number of fused-ring (bicyclic) bond motifs is 1. The molecule has 1 saturated heterocycles. The summed E-state index contributed by atoms with van der Waals surface area (Å²) in [6.07, 6.45) is 3.63. The number of nitrogens with zero attached hydrogens (tertiary/aromatic N) is 3. The predicted octanol–water partition coefficient (Wildman–Crippen LogP) is 3.19. The van der Waals surface area contributed by atoms with Crippen molar-refractivity contribution in [3.8, 4) is 0 Å². The van der Waals surface area contributed by atoms with Crippen molar-refractivity contribution < 1.29 is 9.59 Å². The number of carbonyl (C=O) groups excluding carboxylic acids is 2. The second-order valence-electron chi connectivity index (χ2n) is 10.3. The van der Waals surface area contributed by atoms with Gasteiger partial charge >= 0.3 is 5.69 Å². The third kappa shape index (κ3) is 4.72. The smallest absolute Gasteiger partial charge is 0.331 e. The molecular weight excluding hydrogens is 456 g/mol. The molecule has 36 heavy (non-hydrogen) atoms. The van der Waals surface area contributed by atoms with Crippen LogP contribution < -0.4 is 16.6 Å². The minimum absolute atomic E-state index is 0.122. The Kier molecular flexibility index (Phi) is 6.51. The average Bonchev–Trinajstić information content (AvgIpc) is 3.71. The fourth-order valence-electron chi connectivity index (χ4n) is 5.05. The highest BCUT2D eigenvalue weighted by molar-refractivity contribution is 5.98. The fourth-order valence-corrected chi connectivity index (χ4v) is 5.05. The number of carbonyl (C=O) groups is 2. The molecular formula is C28H32N4O4. The molecule has 1 unspecified atom stereocenters. The molecule has 2 amide bonds. The first-order chi connectivity index (χ1) is 17.3. The summed E-state index contributed by atoms with van der Waals surface area (Å²) in [7, 11) is 0. The lowest BCUT2D eigenvalue weighted by molar-refractivity contribution is 0.0676. The lowest BCUT2D eigenvalue weighted by Crippen LogP contribution is -2.49. The Morgan fingerprint density at radius 3 is 2.44 bits per heavy atom. The van der Waals surface area contributed by atoms with E-state index in [1.165, 1.54) is 4.57 Å². The van der Waals surface area contributed by atoms with E-state index in [9.17, 15) is 19.2 Å². The van der Waals surface area contributed by atoms with Gasteiger partial charge in [0.15, 0.2) is 0 Å². The van der Waals surface area contributed by atoms with E-state index in [0.717, 1.165) is 25.7 Å². The molecule has 188 valence electrons. The van der Waals surface area contributed by atoms with Crippen LogP contribution in [0.15, 0.2) is 58.1 Å². The van der Waals surface area contributed by atoms with Gasteiger partial charge in [-0.2, -0.15) is 0 Å². The third-order valence-electron chi connectivity index (χ3n) is 7.15. The van der Waals surface area contributed by atoms with Gasteiger partial charge in [0.25, 0.3) is 17.4 Å². The minimum atomic E-state index is -0.333. The highest BCUT2D eigenvalue weighted by atomic mass is 16.2. The largest absolute Gasteiger partial charge is 0.348 e. The summed E-state index contributed by atoms with van der Waals surface area (Å²) in [4.78, 5) is 54.2. The summed E-state index contributed by atoms with van der Waals surface area (Å²) in [5.74, 6) is 0.0455. The third-order valence-corrected chi connectivity index (χ3v) is 7.15. The normalized spacial score (nSPS) is 18.0. The van der Waals surface area contributed by atoms with Gasteiger partial charge in [-0.1, -0.05) is 18.2 Å². The first-order valence-corrected chi connectivity index (χ1v) is 12.8. The summed E-state index contributed by atoms with van der Waals surface area (Å²) in [5, 5.41) is 3.43. The van der Waals surface area contributed by atoms with Crippen molar-refractivity contribution >= 4 is 22.7 Å². The van der Waals surface area contributed by atoms with Crippen molar-refractivity contribution in [2.75, 3.05) is 13.1 Å². The number of hydrogen-bond donors (Lipinski definition) is 1. The highest BCUT2D eigenvalue weighted by Gasteiger charge is 2.28. The molecule has 1 N–H and O–H groups in total. The highest BCUT2D eigenvalue weighted by Crippen LogP contribution is 2.30. The Hall–Kier alpha value is -3.68. The lowest BCUT2D eigenvalue weighted by atomic mass is 10.0. The zero-order valence-electron chi connectivity index (χ0n) is 20.8. The van der Waals surface area contributed by atoms with Crippen LogP contribution in [0.4, 0.5) is 0 Å². The van der Waals surface area contributed by atoms with Crippen LogP contribution in [0.1, 0.15) is 66.3 Å². The van der Waals surface area contributed by atoms with E-state index in [-0.39, 0.29) is 35.1 Å². The summed E-state index contributed by atoms with van der Waals surface area (Å²) < 4.78 is 2.98. The lowest BCUT2D eigenvalue weighted by Gasteiger charge is -2.33. The number of hydrogen-bond acceptors (Lipinski definition) is 4. The molecule has 1 aromatic heterocycles. The van der Waals surface area contributed by atoms with E-state index >= 15 is 0 Å². The average molecular weight is 489 g/mol. The van der Waals surface area contributed by atoms with Gasteiger partial charge in [0, 0.05) is 42.8 Å². The molecule has 0 radical (unpaired) electrons. The monoisotopic (exact) mass is 488 g/mol. The quantitative estimate of drug-likeness (QED) is 0.577. The zero-order valence-corrected chi connectivity index (χ0v) is 20.8. The second kappa shape index (κ2) is 9.76. The SMILES string of the molecule is CC(C)n1c(=O)n(CC2CC2)c(=O)c2cc(C(=O)N3CCCC(NC(=O)c4ccccc4)C3)ccc21. The standard InChI is InChI=1S/C28H32N4O4/c1-18(2)32-24-13-12-21(15-23(24)27(35)31(28(32)36)16-19-10-11-19)26(34)30-14-6-9-22(17-30)29-25(33)20-7-4-3-5-8-20/h3-5,7-8,12-13,15,18-19,22H,6,9-11,14,16-17H2,1-2H3,(H,29,33). The van der Waals surface area contributed by atoms with Gasteiger partial charge < -0.3 is 10.2 Å². The van der Waals surface area contributed by atoms with E-state index < -0.39 is 0 Å². The topological polar surface area (TPSA) is 93.4 Å². The van der Waals surface area contributed by atoms with Gasteiger partial charge in [-0.15, -0.1) is 0 Å². The second-order valence-corrected chi connectivity index (χ2v) is 10.3. The van der Waals surface area contributed by atoms with Gasteiger partial charge in [0.2, 0.25) is 0 Å². The Morgan fingerprint density at radius 1 is 1.00 bits per heavy atom. The molecule has 2 aliphatic rings. The van der Waals surface area contributed by atoms with Crippen molar-refractivity contribution in [2.45, 2.75) is 58.2 Å². The van der Waals surface area contributed by atoms with E-state index in [1.54, 1.807) is 39.8 Å². The van der Waals surface area contributed by atoms with Crippen LogP contribution in [0.25, 0.3) is 10.9 Å². The molecule has 2 fully saturated rings. The summed E-state index contributed by atoms with van der Waals surface area (Å²) in [6.45, 7) is 5.26. The van der Waals surface area contributed by atoms with Crippen LogP contribution >= 0.6 is 0 Å². The van der Waals surface area contributed by atoms with E-state index in [0.29, 0.717) is 47.6 Å². The molecule has 1 aliphatic carbocycles. The van der Waals surface area contributed by atoms with Gasteiger partial charge in [-0.05, 0) is 75.8 Å². The molecule has 8 nitrogen and oxygen atoms in total. The zero-order chi connectivity index (χ0) is 25.4. The molecule has 3 aromatic rings. The Bertz CT molecular complexity index is 1420. The maximum atomic E-state index is 13.5. The number of piperidine rings is 1. The summed E-state index contributed by atoms with van der Waals surface area (Å²) in [6, 6.07) is 13.8. The summed E-state index contributed by atoms with van der Waals surface area (Å²) >= 11 is 0. The summed E-state index contributed by atoms with van der Waals surface area (Å²) in [5.41, 5.74) is 0.938. The molecule has 5 rings (SSSR count). The number of benzene rings is 2. The molecule has 2 heterocycles. The van der Waals surface area contributed by atoms with Crippen molar-refractivity contribution in [3.63, 3.8) is 0 Å². The first-order valence-electron chi connectivity index (χ1n) is 12.8. The maximum Gasteiger partial charge on any atom is 0.331 e. The van der Waals surface area contributed by atoms with E-state index in [1.807, 2.05) is 32.0 Å². The molecule has 1 saturated carbocycles. The van der Waals surface area contributed by atoms with Gasteiger partial charge in [0.05, 0.1) is 10.9 Å². The van der Waals surface area contributed by atoms with Crippen molar-refractivity contribution in [1.82, 2.24) is 19.4 Å². The maximum absolute atomic E-state index is 13.5.